The molecule has 0 aliphatic carbocycles. The van der Waals surface area contributed by atoms with Crippen LogP contribution in [-0.2, 0) is 11.3 Å². The molecule has 0 bridgehead atoms. The monoisotopic (exact) mass is 349 g/mol. The normalized spacial score (nSPS) is 9.75. The van der Waals surface area contributed by atoms with E-state index in [2.05, 4.69) is 4.98 Å². The fourth-order valence-corrected chi connectivity index (χ4v) is 2.31. The molecule has 5 heteroatoms. The molecule has 1 aromatic heterocycles. The first-order valence-electron chi connectivity index (χ1n) is 8.05. The van der Waals surface area contributed by atoms with Crippen LogP contribution in [0.5, 0.6) is 5.75 Å². The molecule has 2 aromatic rings. The van der Waals surface area contributed by atoms with Crippen LogP contribution >= 0.6 is 11.6 Å². The Morgan fingerprint density at radius 3 is 2.38 bits per heavy atom. The van der Waals surface area contributed by atoms with Gasteiger partial charge in [0.15, 0.2) is 0 Å². The van der Waals surface area contributed by atoms with Crippen molar-refractivity contribution in [2.24, 2.45) is 0 Å². The molecule has 2 rings (SSSR count). The number of aromatic nitrogens is 1. The standard InChI is InChI=1S/C17H18ClNO3.C2H6/c1-4-21-17(20)14-15(11(2)12(3)19-16(14)18)22-10-13-8-6-5-7-9-13;1-2/h5-9H,4,10H2,1-3H3;1-2H3. The summed E-state index contributed by atoms with van der Waals surface area (Å²) in [5.74, 6) is -0.0917. The molecular weight excluding hydrogens is 326 g/mol. The number of esters is 1. The summed E-state index contributed by atoms with van der Waals surface area (Å²) in [6.45, 7) is 10.0. The number of halogens is 1. The lowest BCUT2D eigenvalue weighted by atomic mass is 10.1. The maximum atomic E-state index is 12.1. The van der Waals surface area contributed by atoms with Crippen molar-refractivity contribution in [3.05, 3.63) is 57.9 Å². The van der Waals surface area contributed by atoms with Gasteiger partial charge in [0.05, 0.1) is 6.61 Å². The van der Waals surface area contributed by atoms with E-state index >= 15 is 0 Å². The molecule has 0 N–H and O–H groups in total. The molecule has 1 aromatic carbocycles. The average molecular weight is 350 g/mol. The van der Waals surface area contributed by atoms with Gasteiger partial charge in [-0.25, -0.2) is 9.78 Å². The molecule has 0 unspecified atom stereocenters. The van der Waals surface area contributed by atoms with Crippen LogP contribution in [0, 0.1) is 13.8 Å². The summed E-state index contributed by atoms with van der Waals surface area (Å²) in [7, 11) is 0. The van der Waals surface area contributed by atoms with Crippen LogP contribution in [0.25, 0.3) is 0 Å². The SMILES string of the molecule is CC.CCOC(=O)c1c(Cl)nc(C)c(C)c1OCc1ccccc1. The van der Waals surface area contributed by atoms with Crippen LogP contribution in [0.2, 0.25) is 5.15 Å². The number of carbonyl (C=O) groups excluding carboxylic acids is 1. The average Bonchev–Trinajstić information content (AvgIpc) is 2.59. The predicted octanol–water partition coefficient (Wildman–Crippen LogP) is 5.13. The molecule has 0 atom stereocenters. The number of hydrogen-bond acceptors (Lipinski definition) is 4. The van der Waals surface area contributed by atoms with Gasteiger partial charge < -0.3 is 9.47 Å². The highest BCUT2D eigenvalue weighted by Gasteiger charge is 2.23. The second-order valence-corrected chi connectivity index (χ2v) is 5.17. The van der Waals surface area contributed by atoms with Crippen LogP contribution in [0.15, 0.2) is 30.3 Å². The molecule has 24 heavy (non-hydrogen) atoms. The number of pyridine rings is 1. The molecule has 0 aliphatic rings. The van der Waals surface area contributed by atoms with E-state index in [-0.39, 0.29) is 17.3 Å². The molecule has 1 heterocycles. The maximum Gasteiger partial charge on any atom is 0.345 e. The van der Waals surface area contributed by atoms with Crippen molar-refractivity contribution in [2.45, 2.75) is 41.2 Å². The van der Waals surface area contributed by atoms with Crippen LogP contribution in [-0.4, -0.2) is 17.6 Å². The molecule has 0 saturated carbocycles. The third-order valence-electron chi connectivity index (χ3n) is 3.29. The summed E-state index contributed by atoms with van der Waals surface area (Å²) in [5, 5.41) is 0.101. The molecule has 0 amide bonds. The topological polar surface area (TPSA) is 48.4 Å². The van der Waals surface area contributed by atoms with Gasteiger partial charge in [-0.15, -0.1) is 0 Å². The first-order valence-corrected chi connectivity index (χ1v) is 8.43. The van der Waals surface area contributed by atoms with E-state index in [1.165, 1.54) is 0 Å². The Hall–Kier alpha value is -2.07. The van der Waals surface area contributed by atoms with Crippen molar-refractivity contribution in [3.8, 4) is 5.75 Å². The number of rotatable bonds is 5. The molecule has 130 valence electrons. The van der Waals surface area contributed by atoms with E-state index in [9.17, 15) is 4.79 Å². The van der Waals surface area contributed by atoms with E-state index in [1.54, 1.807) is 6.92 Å². The summed E-state index contributed by atoms with van der Waals surface area (Å²) in [4.78, 5) is 16.3. The zero-order chi connectivity index (χ0) is 18.1. The van der Waals surface area contributed by atoms with Gasteiger partial charge >= 0.3 is 5.97 Å². The van der Waals surface area contributed by atoms with E-state index in [1.807, 2.05) is 58.0 Å². The molecular formula is C19H24ClNO3. The van der Waals surface area contributed by atoms with Gasteiger partial charge in [-0.1, -0.05) is 55.8 Å². The fraction of sp³-hybridized carbons (Fsp3) is 0.368. The predicted molar refractivity (Wildman–Crippen MR) is 96.8 cm³/mol. The first-order chi connectivity index (χ1) is 11.5. The number of aryl methyl sites for hydroxylation is 1. The van der Waals surface area contributed by atoms with E-state index in [4.69, 9.17) is 21.1 Å². The van der Waals surface area contributed by atoms with Crippen LogP contribution in [0.4, 0.5) is 0 Å². The highest BCUT2D eigenvalue weighted by atomic mass is 35.5. The Bertz CT molecular complexity index is 672. The number of benzene rings is 1. The molecule has 0 aliphatic heterocycles. The van der Waals surface area contributed by atoms with Gasteiger partial charge in [0.25, 0.3) is 0 Å². The van der Waals surface area contributed by atoms with Crippen LogP contribution in [0.3, 0.4) is 0 Å². The lowest BCUT2D eigenvalue weighted by Crippen LogP contribution is -2.12. The minimum Gasteiger partial charge on any atom is -0.488 e. The first kappa shape index (κ1) is 20.0. The Kier molecular flexibility index (Phi) is 8.27. The summed E-state index contributed by atoms with van der Waals surface area (Å²) in [5.41, 5.74) is 2.69. The van der Waals surface area contributed by atoms with Gasteiger partial charge in [0.1, 0.15) is 23.1 Å². The molecule has 0 saturated heterocycles. The second kappa shape index (κ2) is 9.93. The Morgan fingerprint density at radius 2 is 1.79 bits per heavy atom. The van der Waals surface area contributed by atoms with E-state index in [0.717, 1.165) is 16.8 Å². The second-order valence-electron chi connectivity index (χ2n) is 4.81. The summed E-state index contributed by atoms with van der Waals surface area (Å²) >= 11 is 6.13. The highest BCUT2D eigenvalue weighted by Crippen LogP contribution is 2.32. The lowest BCUT2D eigenvalue weighted by Gasteiger charge is -2.16. The third kappa shape index (κ3) is 4.96. The van der Waals surface area contributed by atoms with Crippen molar-refractivity contribution in [2.75, 3.05) is 6.61 Å². The zero-order valence-corrected chi connectivity index (χ0v) is 15.6. The summed E-state index contributed by atoms with van der Waals surface area (Å²) in [6.07, 6.45) is 0. The molecule has 0 spiro atoms. The minimum atomic E-state index is -0.522. The fourth-order valence-electron chi connectivity index (χ4n) is 2.02. The lowest BCUT2D eigenvalue weighted by molar-refractivity contribution is 0.0520. The third-order valence-corrected chi connectivity index (χ3v) is 3.56. The van der Waals surface area contributed by atoms with Crippen molar-refractivity contribution in [1.82, 2.24) is 4.98 Å². The van der Waals surface area contributed by atoms with Gasteiger partial charge in [-0.3, -0.25) is 0 Å². The van der Waals surface area contributed by atoms with Crippen molar-refractivity contribution >= 4 is 17.6 Å². The smallest absolute Gasteiger partial charge is 0.345 e. The van der Waals surface area contributed by atoms with Crippen molar-refractivity contribution in [1.29, 1.82) is 0 Å². The zero-order valence-electron chi connectivity index (χ0n) is 14.9. The van der Waals surface area contributed by atoms with Crippen molar-refractivity contribution in [3.63, 3.8) is 0 Å². The van der Waals surface area contributed by atoms with Gasteiger partial charge in [0, 0.05) is 11.3 Å². The van der Waals surface area contributed by atoms with E-state index in [0.29, 0.717) is 12.4 Å². The van der Waals surface area contributed by atoms with Gasteiger partial charge in [0.2, 0.25) is 0 Å². The number of nitrogens with zero attached hydrogens (tertiary/aromatic N) is 1. The van der Waals surface area contributed by atoms with Crippen molar-refractivity contribution < 1.29 is 14.3 Å². The van der Waals surface area contributed by atoms with Gasteiger partial charge in [-0.05, 0) is 26.3 Å². The molecule has 4 nitrogen and oxygen atoms in total. The quantitative estimate of drug-likeness (QED) is 0.554. The number of hydrogen-bond donors (Lipinski definition) is 0. The maximum absolute atomic E-state index is 12.1. The summed E-state index contributed by atoms with van der Waals surface area (Å²) < 4.78 is 10.9. The molecule has 0 fully saturated rings. The van der Waals surface area contributed by atoms with E-state index < -0.39 is 5.97 Å². The Balaban J connectivity index is 0.00000139. The largest absolute Gasteiger partial charge is 0.488 e. The van der Waals surface area contributed by atoms with Gasteiger partial charge in [-0.2, -0.15) is 0 Å². The molecule has 0 radical (unpaired) electrons. The Labute approximate surface area is 148 Å². The minimum absolute atomic E-state index is 0.101. The number of ether oxygens (including phenoxy) is 2. The van der Waals surface area contributed by atoms with Crippen LogP contribution in [0.1, 0.15) is 48.0 Å². The number of carbonyl (C=O) groups is 1. The Morgan fingerprint density at radius 1 is 1.17 bits per heavy atom. The highest BCUT2D eigenvalue weighted by molar-refractivity contribution is 6.32. The summed E-state index contributed by atoms with van der Waals surface area (Å²) in [6, 6.07) is 9.71. The van der Waals surface area contributed by atoms with Crippen LogP contribution < -0.4 is 4.74 Å².